The fourth-order valence-corrected chi connectivity index (χ4v) is 2.57. The van der Waals surface area contributed by atoms with Crippen molar-refractivity contribution in [2.45, 2.75) is 10.2 Å². The third-order valence-electron chi connectivity index (χ3n) is 2.46. The van der Waals surface area contributed by atoms with Crippen molar-refractivity contribution in [3.8, 4) is 17.5 Å². The number of nitriles is 1. The first kappa shape index (κ1) is 13.7. The smallest absolute Gasteiger partial charge is 0.283 e. The van der Waals surface area contributed by atoms with E-state index in [2.05, 4.69) is 36.3 Å². The summed E-state index contributed by atoms with van der Waals surface area (Å²) in [5.41, 5.74) is 1.08. The van der Waals surface area contributed by atoms with Crippen LogP contribution in [0.3, 0.4) is 0 Å². The third kappa shape index (κ3) is 3.09. The number of halogens is 1. The van der Waals surface area contributed by atoms with Crippen molar-refractivity contribution in [1.82, 2.24) is 20.4 Å². The van der Waals surface area contributed by atoms with Crippen molar-refractivity contribution < 1.29 is 4.42 Å². The summed E-state index contributed by atoms with van der Waals surface area (Å²) < 4.78 is 6.47. The zero-order valence-corrected chi connectivity index (χ0v) is 12.8. The standard InChI is InChI=1S/C13H6BrN5OS/c14-10-4-2-1-3-9(10)12-18-19-13(20-12)21-11-6-5-8(7-15)16-17-11/h1-6H. The lowest BCUT2D eigenvalue weighted by Gasteiger charge is -1.97. The summed E-state index contributed by atoms with van der Waals surface area (Å²) in [7, 11) is 0. The second kappa shape index (κ2) is 6.03. The van der Waals surface area contributed by atoms with Crippen molar-refractivity contribution in [3.63, 3.8) is 0 Å². The first-order valence-electron chi connectivity index (χ1n) is 5.76. The molecule has 0 radical (unpaired) electrons. The summed E-state index contributed by atoms with van der Waals surface area (Å²) in [5.74, 6) is 0.423. The Hall–Kier alpha value is -2.24. The van der Waals surface area contributed by atoms with Gasteiger partial charge in [0, 0.05) is 4.47 Å². The molecule has 0 saturated carbocycles. The molecular formula is C13H6BrN5OS. The normalized spacial score (nSPS) is 10.3. The Labute approximate surface area is 132 Å². The van der Waals surface area contributed by atoms with Gasteiger partial charge in [-0.15, -0.1) is 20.4 Å². The van der Waals surface area contributed by atoms with Gasteiger partial charge in [0.25, 0.3) is 5.22 Å². The van der Waals surface area contributed by atoms with Gasteiger partial charge in [-0.1, -0.05) is 12.1 Å². The first-order chi connectivity index (χ1) is 10.3. The number of aromatic nitrogens is 4. The van der Waals surface area contributed by atoms with Crippen LogP contribution >= 0.6 is 27.7 Å². The molecule has 1 aromatic carbocycles. The molecule has 0 aliphatic heterocycles. The second-order valence-corrected chi connectivity index (χ2v) is 5.65. The summed E-state index contributed by atoms with van der Waals surface area (Å²) in [6, 6.07) is 12.8. The van der Waals surface area contributed by atoms with E-state index in [1.54, 1.807) is 12.1 Å². The summed E-state index contributed by atoms with van der Waals surface area (Å²) in [6.45, 7) is 0. The molecule has 0 aliphatic carbocycles. The lowest BCUT2D eigenvalue weighted by atomic mass is 10.2. The molecule has 0 amide bonds. The molecule has 8 heteroatoms. The van der Waals surface area contributed by atoms with Crippen LogP contribution < -0.4 is 0 Å². The monoisotopic (exact) mass is 359 g/mol. The van der Waals surface area contributed by atoms with E-state index in [0.717, 1.165) is 10.0 Å². The van der Waals surface area contributed by atoms with E-state index in [4.69, 9.17) is 9.68 Å². The van der Waals surface area contributed by atoms with E-state index in [-0.39, 0.29) is 5.69 Å². The van der Waals surface area contributed by atoms with E-state index in [1.165, 1.54) is 11.8 Å². The minimum Gasteiger partial charge on any atom is -0.411 e. The van der Waals surface area contributed by atoms with E-state index >= 15 is 0 Å². The number of hydrogen-bond acceptors (Lipinski definition) is 7. The van der Waals surface area contributed by atoms with Crippen LogP contribution in [0.2, 0.25) is 0 Å². The van der Waals surface area contributed by atoms with Gasteiger partial charge in [0.15, 0.2) is 5.69 Å². The van der Waals surface area contributed by atoms with Crippen molar-refractivity contribution in [3.05, 3.63) is 46.6 Å². The maximum atomic E-state index is 8.67. The molecule has 3 aromatic rings. The van der Waals surface area contributed by atoms with Gasteiger partial charge in [-0.2, -0.15) is 5.26 Å². The molecule has 0 atom stereocenters. The maximum absolute atomic E-state index is 8.67. The Bertz CT molecular complexity index is 812. The molecule has 6 nitrogen and oxygen atoms in total. The molecule has 21 heavy (non-hydrogen) atoms. The van der Waals surface area contributed by atoms with E-state index in [0.29, 0.717) is 16.1 Å². The average molecular weight is 360 g/mol. The summed E-state index contributed by atoms with van der Waals surface area (Å²) in [5, 5.41) is 25.2. The van der Waals surface area contributed by atoms with Crippen molar-refractivity contribution >= 4 is 27.7 Å². The van der Waals surface area contributed by atoms with Crippen molar-refractivity contribution in [2.75, 3.05) is 0 Å². The number of rotatable bonds is 3. The zero-order chi connectivity index (χ0) is 14.7. The van der Waals surface area contributed by atoms with Gasteiger partial charge in [-0.3, -0.25) is 0 Å². The molecule has 0 bridgehead atoms. The molecule has 102 valence electrons. The maximum Gasteiger partial charge on any atom is 0.283 e. The molecule has 2 heterocycles. The highest BCUT2D eigenvalue weighted by molar-refractivity contribution is 9.10. The quantitative estimate of drug-likeness (QED) is 0.708. The average Bonchev–Trinajstić information content (AvgIpc) is 2.97. The van der Waals surface area contributed by atoms with Gasteiger partial charge in [0.05, 0.1) is 5.56 Å². The number of nitrogens with zero attached hydrogens (tertiary/aromatic N) is 5. The topological polar surface area (TPSA) is 88.5 Å². The predicted molar refractivity (Wildman–Crippen MR) is 78.3 cm³/mol. The van der Waals surface area contributed by atoms with E-state index in [9.17, 15) is 0 Å². The van der Waals surface area contributed by atoms with Crippen molar-refractivity contribution in [2.24, 2.45) is 0 Å². The van der Waals surface area contributed by atoms with Crippen LogP contribution in [-0.4, -0.2) is 20.4 Å². The van der Waals surface area contributed by atoms with Crippen molar-refractivity contribution in [1.29, 1.82) is 5.26 Å². The third-order valence-corrected chi connectivity index (χ3v) is 3.92. The molecular weight excluding hydrogens is 354 g/mol. The van der Waals surface area contributed by atoms with Crippen LogP contribution in [0.25, 0.3) is 11.5 Å². The van der Waals surface area contributed by atoms with Gasteiger partial charge < -0.3 is 4.42 Å². The van der Waals surface area contributed by atoms with Crippen LogP contribution in [0.5, 0.6) is 0 Å². The largest absolute Gasteiger partial charge is 0.411 e. The summed E-state index contributed by atoms with van der Waals surface area (Å²) >= 11 is 4.63. The van der Waals surface area contributed by atoms with Crippen LogP contribution in [-0.2, 0) is 0 Å². The molecule has 0 N–H and O–H groups in total. The highest BCUT2D eigenvalue weighted by Crippen LogP contribution is 2.30. The molecule has 3 rings (SSSR count). The fraction of sp³-hybridized carbons (Fsp3) is 0. The minimum atomic E-state index is 0.263. The van der Waals surface area contributed by atoms with E-state index in [1.807, 2.05) is 30.3 Å². The highest BCUT2D eigenvalue weighted by atomic mass is 79.9. The van der Waals surface area contributed by atoms with Gasteiger partial charge in [0.1, 0.15) is 11.1 Å². The number of hydrogen-bond donors (Lipinski definition) is 0. The van der Waals surface area contributed by atoms with Gasteiger partial charge in [-0.05, 0) is 52.0 Å². The van der Waals surface area contributed by atoms with E-state index < -0.39 is 0 Å². The van der Waals surface area contributed by atoms with Crippen LogP contribution in [0, 0.1) is 11.3 Å². The highest BCUT2D eigenvalue weighted by Gasteiger charge is 2.12. The Kier molecular flexibility index (Phi) is 3.94. The molecule has 0 spiro atoms. The fourth-order valence-electron chi connectivity index (χ4n) is 1.52. The lowest BCUT2D eigenvalue weighted by Crippen LogP contribution is -1.88. The molecule has 0 unspecified atom stereocenters. The van der Waals surface area contributed by atoms with Crippen LogP contribution in [0.4, 0.5) is 0 Å². The summed E-state index contributed by atoms with van der Waals surface area (Å²) in [6.07, 6.45) is 0. The predicted octanol–water partition coefficient (Wildman–Crippen LogP) is 3.31. The Morgan fingerprint density at radius 2 is 1.90 bits per heavy atom. The summed E-state index contributed by atoms with van der Waals surface area (Å²) in [4.78, 5) is 0. The second-order valence-electron chi connectivity index (χ2n) is 3.82. The van der Waals surface area contributed by atoms with Crippen LogP contribution in [0.1, 0.15) is 5.69 Å². The number of benzene rings is 1. The Morgan fingerprint density at radius 3 is 2.62 bits per heavy atom. The molecule has 0 fully saturated rings. The molecule has 0 saturated heterocycles. The van der Waals surface area contributed by atoms with Gasteiger partial charge in [-0.25, -0.2) is 0 Å². The van der Waals surface area contributed by atoms with Crippen LogP contribution in [0.15, 0.2) is 55.5 Å². The minimum absolute atomic E-state index is 0.263. The van der Waals surface area contributed by atoms with Gasteiger partial charge >= 0.3 is 0 Å². The lowest BCUT2D eigenvalue weighted by molar-refractivity contribution is 0.465. The first-order valence-corrected chi connectivity index (χ1v) is 7.37. The molecule has 0 aliphatic rings. The zero-order valence-electron chi connectivity index (χ0n) is 10.4. The van der Waals surface area contributed by atoms with Gasteiger partial charge in [0.2, 0.25) is 5.89 Å². The Balaban J connectivity index is 1.82. The molecule has 2 aromatic heterocycles. The Morgan fingerprint density at radius 1 is 1.05 bits per heavy atom. The SMILES string of the molecule is N#Cc1ccc(Sc2nnc(-c3ccccc3Br)o2)nn1.